The van der Waals surface area contributed by atoms with E-state index in [0.29, 0.717) is 16.9 Å². The van der Waals surface area contributed by atoms with E-state index in [1.165, 1.54) is 19.7 Å². The molecule has 2 aromatic heterocycles. The van der Waals surface area contributed by atoms with E-state index >= 15 is 0 Å². The molecule has 4 aromatic rings. The van der Waals surface area contributed by atoms with Crippen LogP contribution in [-0.2, 0) is 35.2 Å². The van der Waals surface area contributed by atoms with Crippen LogP contribution in [-0.4, -0.2) is 18.4 Å². The van der Waals surface area contributed by atoms with Crippen LogP contribution in [0.5, 0.6) is 0 Å². The van der Waals surface area contributed by atoms with Crippen LogP contribution in [0.25, 0.3) is 16.0 Å². The number of hydrogen-bond donors (Lipinski definition) is 0. The van der Waals surface area contributed by atoms with Crippen molar-refractivity contribution < 1.29 is 31.4 Å². The summed E-state index contributed by atoms with van der Waals surface area (Å²) in [6.45, 7) is 8.17. The van der Waals surface area contributed by atoms with Gasteiger partial charge in [0.25, 0.3) is 0 Å². The first kappa shape index (κ1) is 28.3. The van der Waals surface area contributed by atoms with Gasteiger partial charge in [-0.2, -0.15) is 0 Å². The smallest absolute Gasteiger partial charge is 0.0267 e. The van der Waals surface area contributed by atoms with Crippen LogP contribution < -0.4 is 0 Å². The maximum atomic E-state index is 12.9. The van der Waals surface area contributed by atoms with Crippen molar-refractivity contribution in [2.75, 3.05) is 0 Å². The van der Waals surface area contributed by atoms with Crippen molar-refractivity contribution in [1.29, 1.82) is 0 Å². The van der Waals surface area contributed by atoms with Gasteiger partial charge in [-0.3, -0.25) is 9.97 Å². The van der Waals surface area contributed by atoms with Gasteiger partial charge < -0.3 is 4.72 Å². The number of sulfonamides is 1. The summed E-state index contributed by atoms with van der Waals surface area (Å²) in [6, 6.07) is 23.7. The zero-order valence-corrected chi connectivity index (χ0v) is 22.4. The molecule has 0 N–H and O–H groups in total. The number of nitrogens with zero attached hydrogens (tertiary/aromatic N) is 3. The summed E-state index contributed by atoms with van der Waals surface area (Å²) in [5.74, 6) is 0. The van der Waals surface area contributed by atoms with E-state index in [2.05, 4.69) is 35.5 Å². The third-order valence-corrected chi connectivity index (χ3v) is 6.21. The zero-order valence-electron chi connectivity index (χ0n) is 20.0. The van der Waals surface area contributed by atoms with Crippen LogP contribution in [0.15, 0.2) is 102 Å². The topological polar surface area (TPSA) is 74.0 Å². The number of benzene rings is 2. The molecule has 0 fully saturated rings. The van der Waals surface area contributed by atoms with Crippen LogP contribution in [0, 0.1) is 6.92 Å². The van der Waals surface area contributed by atoms with E-state index in [4.69, 9.17) is 0 Å². The first-order chi connectivity index (χ1) is 16.7. The van der Waals surface area contributed by atoms with E-state index in [1.54, 1.807) is 42.9 Å². The number of aromatic nitrogens is 2. The molecule has 0 aliphatic rings. The maximum Gasteiger partial charge on any atom is 0.0267 e. The quantitative estimate of drug-likeness (QED) is 0.237. The van der Waals surface area contributed by atoms with Gasteiger partial charge in [0.2, 0.25) is 0 Å². The van der Waals surface area contributed by atoms with Crippen LogP contribution in [0.3, 0.4) is 0 Å². The van der Waals surface area contributed by atoms with Crippen LogP contribution in [0.2, 0.25) is 0 Å². The Kier molecular flexibility index (Phi) is 10.7. The fourth-order valence-electron chi connectivity index (χ4n) is 3.02. The van der Waals surface area contributed by atoms with Gasteiger partial charge in [0.1, 0.15) is 10.0 Å². The number of pyridine rings is 2. The zero-order chi connectivity index (χ0) is 25.9. The first-order valence-corrected chi connectivity index (χ1v) is 12.8. The van der Waals surface area contributed by atoms with Gasteiger partial charge >= 0.3 is 22.9 Å². The molecule has 0 spiro atoms. The van der Waals surface area contributed by atoms with Crippen LogP contribution in [0.1, 0.15) is 31.9 Å². The monoisotopic (exact) mass is 583 g/mol. The molecule has 4 rings (SSSR count). The molecular weight excluding hydrogens is 556 g/mol. The molecule has 186 valence electrons. The molecule has 2 heterocycles. The van der Waals surface area contributed by atoms with Crippen molar-refractivity contribution in [1.82, 2.24) is 9.97 Å². The Morgan fingerprint density at radius 3 is 1.94 bits per heavy atom. The Bertz CT molecular complexity index is 1250. The van der Waals surface area contributed by atoms with Crippen molar-refractivity contribution in [2.24, 2.45) is 0 Å². The number of aryl methyl sites for hydroxylation is 1. The van der Waals surface area contributed by atoms with Gasteiger partial charge in [-0.15, -0.1) is 5.69 Å². The molecule has 0 unspecified atom stereocenters. The van der Waals surface area contributed by atoms with Gasteiger partial charge in [0.05, 0.1) is 10.6 Å². The second kappa shape index (κ2) is 13.2. The standard InChI is InChI=1S/C22H23N2O2S.C5H5N.FH.Pd/c1-16-8-11-18(12-9-16)27(25,26)24-21-15-17(22(2,3)4)10-13-19(21)20-7-5-6-14-23-20;1-2-4-6-5-3-1;;/h5-15H,1-4H3;1-5H;1H;/q-1;;;+2/p-1. The predicted octanol–water partition coefficient (Wildman–Crippen LogP) is 7.25. The molecule has 35 heavy (non-hydrogen) atoms. The molecule has 0 aliphatic heterocycles. The molecule has 0 saturated carbocycles. The van der Waals surface area contributed by atoms with Gasteiger partial charge in [-0.1, -0.05) is 68.8 Å². The molecule has 5 nitrogen and oxygen atoms in total. The molecule has 0 aliphatic carbocycles. The number of halogens is 1. The van der Waals surface area contributed by atoms with Crippen LogP contribution in [0.4, 0.5) is 8.91 Å². The van der Waals surface area contributed by atoms with Gasteiger partial charge in [-0.05, 0) is 59.9 Å². The van der Waals surface area contributed by atoms with E-state index in [0.717, 1.165) is 11.1 Å². The molecule has 0 atom stereocenters. The average Bonchev–Trinajstić information content (AvgIpc) is 2.87. The SMILES string of the molecule is Cc1ccc(S(=O)(=O)[N-]c2cc(C(C)(C)C)ccc2-c2ccccn2)cc1.[F][Pd+].c1ccncc1. The van der Waals surface area contributed by atoms with Crippen molar-refractivity contribution in [3.05, 3.63) is 113 Å². The van der Waals surface area contributed by atoms with E-state index < -0.39 is 10.0 Å². The van der Waals surface area contributed by atoms with Gasteiger partial charge in [-0.25, -0.2) is 8.42 Å². The van der Waals surface area contributed by atoms with E-state index in [9.17, 15) is 11.6 Å². The largest absolute Gasteiger partial charge is 0.265 e. The van der Waals surface area contributed by atoms with E-state index in [1.807, 2.05) is 61.5 Å². The maximum absolute atomic E-state index is 12.9. The Hall–Kier alpha value is -2.92. The second-order valence-corrected chi connectivity index (χ2v) is 10.2. The summed E-state index contributed by atoms with van der Waals surface area (Å²) < 4.78 is 39.3. The van der Waals surface area contributed by atoms with Crippen molar-refractivity contribution in [3.63, 3.8) is 0 Å². The molecule has 2 aromatic carbocycles. The number of hydrogen-bond acceptors (Lipinski definition) is 4. The first-order valence-electron chi connectivity index (χ1n) is 10.7. The molecule has 0 bridgehead atoms. The van der Waals surface area contributed by atoms with E-state index in [-0.39, 0.29) is 10.3 Å². The Morgan fingerprint density at radius 2 is 1.46 bits per heavy atom. The summed E-state index contributed by atoms with van der Waals surface area (Å²) in [5, 5.41) is 0. The van der Waals surface area contributed by atoms with Crippen LogP contribution >= 0.6 is 0 Å². The molecule has 8 heteroatoms. The summed E-state index contributed by atoms with van der Waals surface area (Å²) >= 11 is 1.25. The average molecular weight is 584 g/mol. The predicted molar refractivity (Wildman–Crippen MR) is 135 cm³/mol. The Balaban J connectivity index is 0.000000463. The number of rotatable bonds is 4. The fourth-order valence-corrected chi connectivity index (χ4v) is 4.01. The second-order valence-electron chi connectivity index (χ2n) is 8.60. The minimum Gasteiger partial charge on any atom is -0.265 e. The molecule has 0 radical (unpaired) electrons. The fraction of sp³-hybridized carbons (Fsp3) is 0.185. The molecule has 0 saturated heterocycles. The normalized spacial score (nSPS) is 10.8. The summed E-state index contributed by atoms with van der Waals surface area (Å²) in [7, 11) is -3.83. The molecular formula is C27H28FN3O2PdS. The minimum atomic E-state index is -3.83. The van der Waals surface area contributed by atoms with Crippen molar-refractivity contribution in [2.45, 2.75) is 38.0 Å². The summed E-state index contributed by atoms with van der Waals surface area (Å²) in [6.07, 6.45) is 5.19. The van der Waals surface area contributed by atoms with Crippen molar-refractivity contribution >= 4 is 15.7 Å². The Morgan fingerprint density at radius 1 is 0.829 bits per heavy atom. The third kappa shape index (κ3) is 8.66. The van der Waals surface area contributed by atoms with Gasteiger partial charge in [0.15, 0.2) is 0 Å². The Labute approximate surface area is 219 Å². The third-order valence-electron chi connectivity index (χ3n) is 4.91. The summed E-state index contributed by atoms with van der Waals surface area (Å²) in [5.41, 5.74) is 3.68. The van der Waals surface area contributed by atoms with Gasteiger partial charge in [0, 0.05) is 18.6 Å². The van der Waals surface area contributed by atoms with Crippen molar-refractivity contribution in [3.8, 4) is 11.3 Å². The molecule has 0 amide bonds. The summed E-state index contributed by atoms with van der Waals surface area (Å²) in [4.78, 5) is 8.33. The minimum absolute atomic E-state index is 0.124.